The monoisotopic (exact) mass is 205 g/mol. The van der Waals surface area contributed by atoms with Crippen molar-refractivity contribution in [2.45, 2.75) is 12.8 Å². The Hall–Kier alpha value is -1.71. The van der Waals surface area contributed by atoms with Gasteiger partial charge in [0.2, 0.25) is 0 Å². The molecule has 1 aromatic carbocycles. The third kappa shape index (κ3) is 2.40. The van der Waals surface area contributed by atoms with Crippen LogP contribution in [0.4, 0.5) is 0 Å². The number of fused-ring (bicyclic) bond motifs is 1. The van der Waals surface area contributed by atoms with Crippen LogP contribution in [0.2, 0.25) is 0 Å². The highest BCUT2D eigenvalue weighted by molar-refractivity contribution is 5.75. The molecule has 15 heavy (non-hydrogen) atoms. The van der Waals surface area contributed by atoms with Crippen LogP contribution < -0.4 is 16.2 Å². The van der Waals surface area contributed by atoms with Crippen molar-refractivity contribution < 1.29 is 4.74 Å². The zero-order valence-electron chi connectivity index (χ0n) is 8.57. The average Bonchev–Trinajstić information content (AvgIpc) is 2.64. The minimum Gasteiger partial charge on any atom is -0.493 e. The van der Waals surface area contributed by atoms with Gasteiger partial charge in [-0.15, -0.1) is 0 Å². The molecule has 0 spiro atoms. The number of hydrogen-bond acceptors (Lipinski definition) is 2. The second kappa shape index (κ2) is 4.21. The molecule has 1 heterocycles. The standard InChI is InChI=1S/C11H15N3O/c12-11(13)14-5-3-8-1-2-10-9(7-8)4-6-15-10/h1-2,7H,3-6H2,(H4,12,13,14). The van der Waals surface area contributed by atoms with Crippen molar-refractivity contribution in [2.75, 3.05) is 13.2 Å². The number of hydrogen-bond donors (Lipinski definition) is 2. The van der Waals surface area contributed by atoms with E-state index >= 15 is 0 Å². The quantitative estimate of drug-likeness (QED) is 0.555. The lowest BCUT2D eigenvalue weighted by Crippen LogP contribution is -2.23. The SMILES string of the molecule is NC(N)=NCCc1ccc2c(c1)CCO2. The van der Waals surface area contributed by atoms with Crippen LogP contribution in [0, 0.1) is 0 Å². The molecule has 1 aliphatic heterocycles. The first-order valence-electron chi connectivity index (χ1n) is 5.06. The van der Waals surface area contributed by atoms with E-state index in [0.717, 1.165) is 25.2 Å². The van der Waals surface area contributed by atoms with Gasteiger partial charge in [-0.1, -0.05) is 12.1 Å². The van der Waals surface area contributed by atoms with Crippen LogP contribution in [0.3, 0.4) is 0 Å². The lowest BCUT2D eigenvalue weighted by Gasteiger charge is -2.02. The molecule has 1 aromatic rings. The van der Waals surface area contributed by atoms with E-state index in [-0.39, 0.29) is 5.96 Å². The van der Waals surface area contributed by atoms with Crippen LogP contribution in [0.15, 0.2) is 23.2 Å². The molecule has 0 aromatic heterocycles. The van der Waals surface area contributed by atoms with Crippen molar-refractivity contribution in [1.29, 1.82) is 0 Å². The maximum Gasteiger partial charge on any atom is 0.185 e. The summed E-state index contributed by atoms with van der Waals surface area (Å²) in [6.45, 7) is 1.44. The lowest BCUT2D eigenvalue weighted by molar-refractivity contribution is 0.357. The number of guanidine groups is 1. The van der Waals surface area contributed by atoms with Gasteiger partial charge in [0.25, 0.3) is 0 Å². The second-order valence-corrected chi connectivity index (χ2v) is 3.60. The molecule has 0 amide bonds. The molecule has 0 unspecified atom stereocenters. The number of nitrogens with zero attached hydrogens (tertiary/aromatic N) is 1. The molecular formula is C11H15N3O. The molecule has 0 aliphatic carbocycles. The van der Waals surface area contributed by atoms with E-state index in [2.05, 4.69) is 17.1 Å². The van der Waals surface area contributed by atoms with Gasteiger partial charge in [0.1, 0.15) is 5.75 Å². The van der Waals surface area contributed by atoms with Crippen molar-refractivity contribution in [1.82, 2.24) is 0 Å². The summed E-state index contributed by atoms with van der Waals surface area (Å²) < 4.78 is 5.43. The highest BCUT2D eigenvalue weighted by atomic mass is 16.5. The van der Waals surface area contributed by atoms with Gasteiger partial charge in [0.15, 0.2) is 5.96 Å². The van der Waals surface area contributed by atoms with E-state index in [1.54, 1.807) is 0 Å². The zero-order chi connectivity index (χ0) is 10.7. The molecule has 0 radical (unpaired) electrons. The fourth-order valence-electron chi connectivity index (χ4n) is 1.71. The third-order valence-corrected chi connectivity index (χ3v) is 2.45. The molecule has 0 fully saturated rings. The first kappa shape index (κ1) is 9.83. The summed E-state index contributed by atoms with van der Waals surface area (Å²) in [5.41, 5.74) is 13.1. The number of aliphatic imine (C=N–C) groups is 1. The van der Waals surface area contributed by atoms with Gasteiger partial charge >= 0.3 is 0 Å². The summed E-state index contributed by atoms with van der Waals surface area (Å²) in [5.74, 6) is 1.17. The van der Waals surface area contributed by atoms with E-state index < -0.39 is 0 Å². The van der Waals surface area contributed by atoms with Gasteiger partial charge in [-0.25, -0.2) is 0 Å². The Morgan fingerprint density at radius 2 is 2.27 bits per heavy atom. The number of nitrogens with two attached hydrogens (primary N) is 2. The molecule has 0 saturated carbocycles. The first-order valence-corrected chi connectivity index (χ1v) is 5.06. The van der Waals surface area contributed by atoms with Gasteiger partial charge in [-0.2, -0.15) is 0 Å². The summed E-state index contributed by atoms with van der Waals surface area (Å²) in [5, 5.41) is 0. The largest absolute Gasteiger partial charge is 0.493 e. The molecule has 4 nitrogen and oxygen atoms in total. The second-order valence-electron chi connectivity index (χ2n) is 3.60. The van der Waals surface area contributed by atoms with Gasteiger partial charge in [0, 0.05) is 13.0 Å². The topological polar surface area (TPSA) is 73.6 Å². The Labute approximate surface area is 88.9 Å². The maximum atomic E-state index is 5.43. The van der Waals surface area contributed by atoms with Gasteiger partial charge in [-0.05, 0) is 23.6 Å². The van der Waals surface area contributed by atoms with Crippen molar-refractivity contribution in [3.05, 3.63) is 29.3 Å². The first-order chi connectivity index (χ1) is 7.25. The summed E-state index contributed by atoms with van der Waals surface area (Å²) in [6, 6.07) is 6.25. The fraction of sp³-hybridized carbons (Fsp3) is 0.364. The summed E-state index contributed by atoms with van der Waals surface area (Å²) in [6.07, 6.45) is 1.87. The van der Waals surface area contributed by atoms with Crippen LogP contribution in [0.5, 0.6) is 5.75 Å². The molecule has 1 aliphatic rings. The third-order valence-electron chi connectivity index (χ3n) is 2.45. The van der Waals surface area contributed by atoms with Crippen molar-refractivity contribution >= 4 is 5.96 Å². The highest BCUT2D eigenvalue weighted by Crippen LogP contribution is 2.25. The number of ether oxygens (including phenoxy) is 1. The maximum absolute atomic E-state index is 5.43. The molecule has 4 heteroatoms. The van der Waals surface area contributed by atoms with Crippen molar-refractivity contribution in [2.24, 2.45) is 16.5 Å². The van der Waals surface area contributed by atoms with E-state index in [1.165, 1.54) is 11.1 Å². The number of rotatable bonds is 3. The van der Waals surface area contributed by atoms with Crippen LogP contribution >= 0.6 is 0 Å². The van der Waals surface area contributed by atoms with E-state index in [9.17, 15) is 0 Å². The van der Waals surface area contributed by atoms with Gasteiger partial charge in [-0.3, -0.25) is 4.99 Å². The minimum absolute atomic E-state index is 0.152. The van der Waals surface area contributed by atoms with Crippen LogP contribution in [0.25, 0.3) is 0 Å². The lowest BCUT2D eigenvalue weighted by atomic mass is 10.1. The molecule has 0 bridgehead atoms. The smallest absolute Gasteiger partial charge is 0.185 e. The van der Waals surface area contributed by atoms with E-state index in [0.29, 0.717) is 6.54 Å². The van der Waals surface area contributed by atoms with Gasteiger partial charge in [0.05, 0.1) is 6.61 Å². The Balaban J connectivity index is 2.01. The Morgan fingerprint density at radius 1 is 1.40 bits per heavy atom. The van der Waals surface area contributed by atoms with E-state index in [4.69, 9.17) is 16.2 Å². The molecule has 0 saturated heterocycles. The Kier molecular flexibility index (Phi) is 2.76. The zero-order valence-corrected chi connectivity index (χ0v) is 8.57. The van der Waals surface area contributed by atoms with Crippen LogP contribution in [-0.2, 0) is 12.8 Å². The predicted octanol–water partition coefficient (Wildman–Crippen LogP) is 0.437. The number of benzene rings is 1. The Bertz CT molecular complexity index is 383. The molecular weight excluding hydrogens is 190 g/mol. The summed E-state index contributed by atoms with van der Waals surface area (Å²) >= 11 is 0. The highest BCUT2D eigenvalue weighted by Gasteiger charge is 2.11. The summed E-state index contributed by atoms with van der Waals surface area (Å²) in [4.78, 5) is 3.95. The normalized spacial score (nSPS) is 13.1. The predicted molar refractivity (Wildman–Crippen MR) is 60.0 cm³/mol. The van der Waals surface area contributed by atoms with Crippen LogP contribution in [-0.4, -0.2) is 19.1 Å². The Morgan fingerprint density at radius 3 is 3.07 bits per heavy atom. The minimum atomic E-state index is 0.152. The van der Waals surface area contributed by atoms with Gasteiger partial charge < -0.3 is 16.2 Å². The summed E-state index contributed by atoms with van der Waals surface area (Å²) in [7, 11) is 0. The average molecular weight is 205 g/mol. The molecule has 0 atom stereocenters. The molecule has 80 valence electrons. The molecule has 4 N–H and O–H groups in total. The van der Waals surface area contributed by atoms with Crippen LogP contribution in [0.1, 0.15) is 11.1 Å². The fourth-order valence-corrected chi connectivity index (χ4v) is 1.71. The van der Waals surface area contributed by atoms with Crippen molar-refractivity contribution in [3.63, 3.8) is 0 Å². The molecule has 2 rings (SSSR count). The van der Waals surface area contributed by atoms with Crippen molar-refractivity contribution in [3.8, 4) is 5.75 Å². The van der Waals surface area contributed by atoms with E-state index in [1.807, 2.05) is 6.07 Å².